The SMILES string of the molecule is CNc1cc(-c2cccnc2Cl)ccn1. The fourth-order valence-corrected chi connectivity index (χ4v) is 1.56. The van der Waals surface area contributed by atoms with Crippen LogP contribution in [0.15, 0.2) is 36.7 Å². The van der Waals surface area contributed by atoms with Crippen molar-refractivity contribution in [2.24, 2.45) is 0 Å². The van der Waals surface area contributed by atoms with Crippen LogP contribution in [0.1, 0.15) is 0 Å². The second-order valence-electron chi connectivity index (χ2n) is 3.02. The molecular formula is C11H10ClN3. The molecule has 4 heteroatoms. The summed E-state index contributed by atoms with van der Waals surface area (Å²) in [5, 5.41) is 3.49. The summed E-state index contributed by atoms with van der Waals surface area (Å²) in [7, 11) is 1.83. The molecule has 0 bridgehead atoms. The molecule has 0 aliphatic rings. The first-order chi connectivity index (χ1) is 7.31. The predicted octanol–water partition coefficient (Wildman–Crippen LogP) is 2.84. The van der Waals surface area contributed by atoms with Gasteiger partial charge in [0.1, 0.15) is 11.0 Å². The van der Waals surface area contributed by atoms with Crippen molar-refractivity contribution in [3.63, 3.8) is 0 Å². The second-order valence-corrected chi connectivity index (χ2v) is 3.38. The van der Waals surface area contributed by atoms with Gasteiger partial charge in [0.2, 0.25) is 0 Å². The topological polar surface area (TPSA) is 37.8 Å². The molecule has 0 aliphatic heterocycles. The zero-order valence-corrected chi connectivity index (χ0v) is 8.99. The van der Waals surface area contributed by atoms with E-state index in [0.29, 0.717) is 5.15 Å². The van der Waals surface area contributed by atoms with Crippen LogP contribution in [0.3, 0.4) is 0 Å². The molecule has 15 heavy (non-hydrogen) atoms. The lowest BCUT2D eigenvalue weighted by Gasteiger charge is -2.05. The summed E-state index contributed by atoms with van der Waals surface area (Å²) in [5.41, 5.74) is 1.92. The first kappa shape index (κ1) is 9.93. The third-order valence-corrected chi connectivity index (χ3v) is 2.39. The zero-order valence-electron chi connectivity index (χ0n) is 8.24. The molecule has 76 valence electrons. The minimum atomic E-state index is 0.505. The van der Waals surface area contributed by atoms with Gasteiger partial charge in [-0.25, -0.2) is 9.97 Å². The number of rotatable bonds is 2. The van der Waals surface area contributed by atoms with E-state index in [4.69, 9.17) is 11.6 Å². The highest BCUT2D eigenvalue weighted by atomic mass is 35.5. The van der Waals surface area contributed by atoms with Gasteiger partial charge in [0.05, 0.1) is 0 Å². The van der Waals surface area contributed by atoms with Gasteiger partial charge < -0.3 is 5.32 Å². The summed E-state index contributed by atoms with van der Waals surface area (Å²) >= 11 is 6.00. The summed E-state index contributed by atoms with van der Waals surface area (Å²) in [6.45, 7) is 0. The van der Waals surface area contributed by atoms with Gasteiger partial charge in [-0.05, 0) is 29.8 Å². The Kier molecular flexibility index (Phi) is 2.83. The van der Waals surface area contributed by atoms with Crippen molar-refractivity contribution in [3.05, 3.63) is 41.8 Å². The number of pyridine rings is 2. The molecule has 0 radical (unpaired) electrons. The van der Waals surface area contributed by atoms with Gasteiger partial charge >= 0.3 is 0 Å². The minimum Gasteiger partial charge on any atom is -0.373 e. The van der Waals surface area contributed by atoms with Gasteiger partial charge in [0.15, 0.2) is 0 Å². The molecule has 0 saturated heterocycles. The largest absolute Gasteiger partial charge is 0.373 e. The summed E-state index contributed by atoms with van der Waals surface area (Å²) < 4.78 is 0. The fourth-order valence-electron chi connectivity index (χ4n) is 1.34. The van der Waals surface area contributed by atoms with Gasteiger partial charge in [-0.1, -0.05) is 11.6 Å². The Bertz CT molecular complexity index is 471. The molecule has 0 saturated carbocycles. The number of halogens is 1. The maximum atomic E-state index is 6.00. The number of nitrogens with zero attached hydrogens (tertiary/aromatic N) is 2. The number of nitrogens with one attached hydrogen (secondary N) is 1. The molecule has 2 aromatic rings. The Labute approximate surface area is 93.1 Å². The van der Waals surface area contributed by atoms with Crippen LogP contribution in [0, 0.1) is 0 Å². The van der Waals surface area contributed by atoms with E-state index in [1.807, 2.05) is 31.3 Å². The lowest BCUT2D eigenvalue weighted by molar-refractivity contribution is 1.28. The minimum absolute atomic E-state index is 0.505. The lowest BCUT2D eigenvalue weighted by Crippen LogP contribution is -1.92. The highest BCUT2D eigenvalue weighted by molar-refractivity contribution is 6.32. The second kappa shape index (κ2) is 4.28. The Hall–Kier alpha value is -1.61. The fraction of sp³-hybridized carbons (Fsp3) is 0.0909. The molecule has 2 aromatic heterocycles. The molecule has 0 fully saturated rings. The number of anilines is 1. The van der Waals surface area contributed by atoms with Gasteiger partial charge in [-0.3, -0.25) is 0 Å². The van der Waals surface area contributed by atoms with Gasteiger partial charge in [-0.2, -0.15) is 0 Å². The quantitative estimate of drug-likeness (QED) is 0.790. The van der Waals surface area contributed by atoms with E-state index in [9.17, 15) is 0 Å². The molecule has 0 atom stereocenters. The average molecular weight is 220 g/mol. The van der Waals surface area contributed by atoms with E-state index in [-0.39, 0.29) is 0 Å². The molecule has 1 N–H and O–H groups in total. The summed E-state index contributed by atoms with van der Waals surface area (Å²) in [4.78, 5) is 8.17. The molecule has 2 rings (SSSR count). The van der Waals surface area contributed by atoms with Crippen molar-refractivity contribution in [2.75, 3.05) is 12.4 Å². The monoisotopic (exact) mass is 219 g/mol. The van der Waals surface area contributed by atoms with Crippen LogP contribution in [-0.2, 0) is 0 Å². The van der Waals surface area contributed by atoms with Crippen molar-refractivity contribution in [2.45, 2.75) is 0 Å². The van der Waals surface area contributed by atoms with Crippen LogP contribution in [-0.4, -0.2) is 17.0 Å². The number of hydrogen-bond donors (Lipinski definition) is 1. The zero-order chi connectivity index (χ0) is 10.7. The van der Waals surface area contributed by atoms with Crippen LogP contribution < -0.4 is 5.32 Å². The average Bonchev–Trinajstić information content (AvgIpc) is 2.30. The van der Waals surface area contributed by atoms with Crippen molar-refractivity contribution < 1.29 is 0 Å². The molecule has 0 spiro atoms. The smallest absolute Gasteiger partial charge is 0.136 e. The lowest BCUT2D eigenvalue weighted by atomic mass is 10.1. The molecule has 3 nitrogen and oxygen atoms in total. The van der Waals surface area contributed by atoms with Gasteiger partial charge in [0.25, 0.3) is 0 Å². The van der Waals surface area contributed by atoms with E-state index in [1.165, 1.54) is 0 Å². The Morgan fingerprint density at radius 1 is 1.20 bits per heavy atom. The molecule has 0 unspecified atom stereocenters. The van der Waals surface area contributed by atoms with E-state index >= 15 is 0 Å². The van der Waals surface area contributed by atoms with Crippen molar-refractivity contribution in [1.29, 1.82) is 0 Å². The molecule has 0 amide bonds. The summed E-state index contributed by atoms with van der Waals surface area (Å²) in [6, 6.07) is 7.64. The Morgan fingerprint density at radius 2 is 2.07 bits per heavy atom. The first-order valence-corrected chi connectivity index (χ1v) is 4.94. The highest BCUT2D eigenvalue weighted by Crippen LogP contribution is 2.26. The van der Waals surface area contributed by atoms with Gasteiger partial charge in [0, 0.05) is 25.0 Å². The Balaban J connectivity index is 2.49. The molecule has 0 aromatic carbocycles. The number of hydrogen-bond acceptors (Lipinski definition) is 3. The van der Waals surface area contributed by atoms with E-state index in [1.54, 1.807) is 12.4 Å². The van der Waals surface area contributed by atoms with Crippen molar-refractivity contribution >= 4 is 17.4 Å². The first-order valence-electron chi connectivity index (χ1n) is 4.56. The predicted molar refractivity (Wildman–Crippen MR) is 62.0 cm³/mol. The summed E-state index contributed by atoms with van der Waals surface area (Å²) in [5.74, 6) is 0.812. The summed E-state index contributed by atoms with van der Waals surface area (Å²) in [6.07, 6.45) is 3.41. The van der Waals surface area contributed by atoms with Crippen LogP contribution in [0.2, 0.25) is 5.15 Å². The van der Waals surface area contributed by atoms with E-state index in [0.717, 1.165) is 16.9 Å². The Morgan fingerprint density at radius 3 is 2.80 bits per heavy atom. The standard InChI is InChI=1S/C11H10ClN3/c1-13-10-7-8(4-6-14-10)9-3-2-5-15-11(9)12/h2-7H,1H3,(H,13,14). The van der Waals surface area contributed by atoms with Gasteiger partial charge in [-0.15, -0.1) is 0 Å². The van der Waals surface area contributed by atoms with Crippen LogP contribution >= 0.6 is 11.6 Å². The van der Waals surface area contributed by atoms with Crippen molar-refractivity contribution in [1.82, 2.24) is 9.97 Å². The van der Waals surface area contributed by atoms with E-state index in [2.05, 4.69) is 15.3 Å². The number of aromatic nitrogens is 2. The third-order valence-electron chi connectivity index (χ3n) is 2.09. The highest BCUT2D eigenvalue weighted by Gasteiger charge is 2.03. The van der Waals surface area contributed by atoms with Crippen LogP contribution in [0.4, 0.5) is 5.82 Å². The maximum absolute atomic E-state index is 6.00. The normalized spacial score (nSPS) is 10.0. The van der Waals surface area contributed by atoms with Crippen LogP contribution in [0.25, 0.3) is 11.1 Å². The maximum Gasteiger partial charge on any atom is 0.136 e. The van der Waals surface area contributed by atoms with Crippen LogP contribution in [0.5, 0.6) is 0 Å². The molecule has 0 aliphatic carbocycles. The van der Waals surface area contributed by atoms with Crippen molar-refractivity contribution in [3.8, 4) is 11.1 Å². The molecular weight excluding hydrogens is 210 g/mol. The third kappa shape index (κ3) is 2.07. The van der Waals surface area contributed by atoms with E-state index < -0.39 is 0 Å². The molecule has 2 heterocycles.